The van der Waals surface area contributed by atoms with E-state index in [-0.39, 0.29) is 10.8 Å². The van der Waals surface area contributed by atoms with Crippen molar-refractivity contribution >= 4 is 17.2 Å². The second-order valence-electron chi connectivity index (χ2n) is 3.73. The standard InChI is InChI=1S/C9H9ClN4/c10-8-12-7-6(9(11)3-4-9)2-1-5-14(7)13-8/h1-2,5H,3-4,11H2. The third-order valence-corrected chi connectivity index (χ3v) is 2.82. The van der Waals surface area contributed by atoms with Crippen LogP contribution in [0.3, 0.4) is 0 Å². The molecule has 0 amide bonds. The number of aromatic nitrogens is 3. The van der Waals surface area contributed by atoms with Gasteiger partial charge in [0.15, 0.2) is 5.65 Å². The predicted octanol–water partition coefficient (Wildman–Crippen LogP) is 1.33. The molecular formula is C9H9ClN4. The predicted molar refractivity (Wildman–Crippen MR) is 53.1 cm³/mol. The van der Waals surface area contributed by atoms with Crippen LogP contribution in [-0.4, -0.2) is 14.6 Å². The summed E-state index contributed by atoms with van der Waals surface area (Å²) >= 11 is 5.74. The number of fused-ring (bicyclic) bond motifs is 1. The van der Waals surface area contributed by atoms with Crippen molar-refractivity contribution < 1.29 is 0 Å². The number of nitrogens with two attached hydrogens (primary N) is 1. The second kappa shape index (κ2) is 2.46. The third kappa shape index (κ3) is 1.04. The Balaban J connectivity index is 2.32. The molecule has 1 aliphatic carbocycles. The van der Waals surface area contributed by atoms with Gasteiger partial charge in [-0.15, -0.1) is 5.10 Å². The zero-order valence-corrected chi connectivity index (χ0v) is 8.20. The van der Waals surface area contributed by atoms with E-state index in [1.54, 1.807) is 4.52 Å². The Labute approximate surface area is 85.7 Å². The smallest absolute Gasteiger partial charge is 0.243 e. The lowest BCUT2D eigenvalue weighted by Crippen LogP contribution is -2.19. The van der Waals surface area contributed by atoms with E-state index in [1.165, 1.54) is 0 Å². The van der Waals surface area contributed by atoms with E-state index in [9.17, 15) is 0 Å². The van der Waals surface area contributed by atoms with Crippen LogP contribution in [0.2, 0.25) is 5.28 Å². The Kier molecular flexibility index (Phi) is 1.44. The van der Waals surface area contributed by atoms with Crippen LogP contribution < -0.4 is 5.73 Å². The van der Waals surface area contributed by atoms with E-state index in [4.69, 9.17) is 17.3 Å². The zero-order chi connectivity index (χ0) is 9.76. The van der Waals surface area contributed by atoms with Gasteiger partial charge in [-0.3, -0.25) is 0 Å². The molecule has 14 heavy (non-hydrogen) atoms. The van der Waals surface area contributed by atoms with Gasteiger partial charge in [0.05, 0.1) is 0 Å². The first-order valence-electron chi connectivity index (χ1n) is 4.49. The fourth-order valence-electron chi connectivity index (χ4n) is 1.67. The SMILES string of the molecule is NC1(c2cccn3nc(Cl)nc23)CC1. The Morgan fingerprint density at radius 3 is 3.00 bits per heavy atom. The fourth-order valence-corrected chi connectivity index (χ4v) is 1.83. The van der Waals surface area contributed by atoms with Crippen LogP contribution in [0, 0.1) is 0 Å². The molecule has 2 N–H and O–H groups in total. The molecular weight excluding hydrogens is 200 g/mol. The van der Waals surface area contributed by atoms with Gasteiger partial charge < -0.3 is 5.73 Å². The molecule has 0 aliphatic heterocycles. The lowest BCUT2D eigenvalue weighted by atomic mass is 10.1. The molecule has 1 fully saturated rings. The van der Waals surface area contributed by atoms with E-state index in [1.807, 2.05) is 18.3 Å². The molecule has 1 saturated carbocycles. The lowest BCUT2D eigenvalue weighted by molar-refractivity contribution is 0.737. The highest BCUT2D eigenvalue weighted by atomic mass is 35.5. The minimum Gasteiger partial charge on any atom is -0.321 e. The van der Waals surface area contributed by atoms with E-state index in [2.05, 4.69) is 10.1 Å². The normalized spacial score (nSPS) is 18.7. The Morgan fingerprint density at radius 2 is 2.29 bits per heavy atom. The quantitative estimate of drug-likeness (QED) is 0.769. The molecule has 2 aromatic heterocycles. The van der Waals surface area contributed by atoms with E-state index >= 15 is 0 Å². The summed E-state index contributed by atoms with van der Waals surface area (Å²) in [7, 11) is 0. The first kappa shape index (κ1) is 8.20. The van der Waals surface area contributed by atoms with E-state index in [0.717, 1.165) is 24.1 Å². The Hall–Kier alpha value is -1.13. The van der Waals surface area contributed by atoms with Gasteiger partial charge in [0, 0.05) is 17.3 Å². The van der Waals surface area contributed by atoms with Crippen LogP contribution >= 0.6 is 11.6 Å². The lowest BCUT2D eigenvalue weighted by Gasteiger charge is -2.08. The number of nitrogens with zero attached hydrogens (tertiary/aromatic N) is 3. The monoisotopic (exact) mass is 208 g/mol. The largest absolute Gasteiger partial charge is 0.321 e. The first-order chi connectivity index (χ1) is 6.69. The second-order valence-corrected chi connectivity index (χ2v) is 4.07. The summed E-state index contributed by atoms with van der Waals surface area (Å²) in [6, 6.07) is 3.91. The van der Waals surface area contributed by atoms with Gasteiger partial charge in [-0.25, -0.2) is 4.52 Å². The van der Waals surface area contributed by atoms with Gasteiger partial charge in [-0.1, -0.05) is 6.07 Å². The number of halogens is 1. The van der Waals surface area contributed by atoms with Gasteiger partial charge in [0.2, 0.25) is 5.28 Å². The van der Waals surface area contributed by atoms with Gasteiger partial charge >= 0.3 is 0 Å². The molecule has 0 atom stereocenters. The summed E-state index contributed by atoms with van der Waals surface area (Å²) in [6.07, 6.45) is 3.84. The molecule has 5 heteroatoms. The number of hydrogen-bond donors (Lipinski definition) is 1. The van der Waals surface area contributed by atoms with Gasteiger partial charge in [0.25, 0.3) is 0 Å². The van der Waals surface area contributed by atoms with Crippen molar-refractivity contribution in [2.75, 3.05) is 0 Å². The molecule has 0 unspecified atom stereocenters. The van der Waals surface area contributed by atoms with Crippen molar-refractivity contribution in [2.45, 2.75) is 18.4 Å². The average molecular weight is 209 g/mol. The van der Waals surface area contributed by atoms with Crippen molar-refractivity contribution in [3.8, 4) is 0 Å². The van der Waals surface area contributed by atoms with Gasteiger partial charge in [-0.05, 0) is 30.5 Å². The van der Waals surface area contributed by atoms with E-state index in [0.29, 0.717) is 0 Å². The number of pyridine rings is 1. The molecule has 0 bridgehead atoms. The van der Waals surface area contributed by atoms with Crippen LogP contribution in [-0.2, 0) is 5.54 Å². The van der Waals surface area contributed by atoms with Crippen molar-refractivity contribution in [2.24, 2.45) is 5.73 Å². The minimum absolute atomic E-state index is 0.196. The summed E-state index contributed by atoms with van der Waals surface area (Å²) in [6.45, 7) is 0. The van der Waals surface area contributed by atoms with Crippen molar-refractivity contribution in [1.82, 2.24) is 14.6 Å². The van der Waals surface area contributed by atoms with Crippen molar-refractivity contribution in [1.29, 1.82) is 0 Å². The van der Waals surface area contributed by atoms with Crippen molar-refractivity contribution in [3.05, 3.63) is 29.2 Å². The number of rotatable bonds is 1. The summed E-state index contributed by atoms with van der Waals surface area (Å²) in [5, 5.41) is 4.30. The van der Waals surface area contributed by atoms with Crippen molar-refractivity contribution in [3.63, 3.8) is 0 Å². The molecule has 0 aromatic carbocycles. The van der Waals surface area contributed by atoms with Crippen LogP contribution in [0.1, 0.15) is 18.4 Å². The zero-order valence-electron chi connectivity index (χ0n) is 7.44. The maximum atomic E-state index is 6.12. The summed E-state index contributed by atoms with van der Waals surface area (Å²) in [4.78, 5) is 4.16. The topological polar surface area (TPSA) is 56.2 Å². The highest BCUT2D eigenvalue weighted by Gasteiger charge is 2.42. The van der Waals surface area contributed by atoms with Crippen LogP contribution in [0.4, 0.5) is 0 Å². The summed E-state index contributed by atoms with van der Waals surface area (Å²) in [5.74, 6) is 0. The maximum absolute atomic E-state index is 6.12. The van der Waals surface area contributed by atoms with Crippen LogP contribution in [0.5, 0.6) is 0 Å². The molecule has 0 saturated heterocycles. The minimum atomic E-state index is -0.196. The molecule has 0 spiro atoms. The average Bonchev–Trinajstić information content (AvgIpc) is 2.78. The molecule has 2 heterocycles. The molecule has 3 rings (SSSR count). The Morgan fingerprint density at radius 1 is 1.50 bits per heavy atom. The maximum Gasteiger partial charge on any atom is 0.243 e. The first-order valence-corrected chi connectivity index (χ1v) is 4.87. The Bertz CT molecular complexity index is 500. The van der Waals surface area contributed by atoms with E-state index < -0.39 is 0 Å². The number of hydrogen-bond acceptors (Lipinski definition) is 3. The van der Waals surface area contributed by atoms with Crippen LogP contribution in [0.25, 0.3) is 5.65 Å². The molecule has 2 aromatic rings. The highest BCUT2D eigenvalue weighted by molar-refractivity contribution is 6.28. The fraction of sp³-hybridized carbons (Fsp3) is 0.333. The summed E-state index contributed by atoms with van der Waals surface area (Å²) in [5.41, 5.74) is 7.74. The molecule has 72 valence electrons. The van der Waals surface area contributed by atoms with Crippen LogP contribution in [0.15, 0.2) is 18.3 Å². The molecule has 4 nitrogen and oxygen atoms in total. The highest BCUT2D eigenvalue weighted by Crippen LogP contribution is 2.43. The van der Waals surface area contributed by atoms with Gasteiger partial charge in [0.1, 0.15) is 0 Å². The summed E-state index contributed by atoms with van der Waals surface area (Å²) < 4.78 is 1.67. The van der Waals surface area contributed by atoms with Gasteiger partial charge in [-0.2, -0.15) is 4.98 Å². The third-order valence-electron chi connectivity index (χ3n) is 2.66. The molecule has 0 radical (unpaired) electrons. The molecule has 1 aliphatic rings.